The Balaban J connectivity index is 4.40. The van der Waals surface area contributed by atoms with E-state index in [-0.39, 0.29) is 23.0 Å². The number of hydrogen-bond acceptors (Lipinski definition) is 4. The van der Waals surface area contributed by atoms with E-state index in [1.807, 2.05) is 0 Å². The second-order valence-electron chi connectivity index (χ2n) is 4.03. The van der Waals surface area contributed by atoms with Crippen LogP contribution in [0.3, 0.4) is 0 Å². The van der Waals surface area contributed by atoms with Gasteiger partial charge in [-0.25, -0.2) is 0 Å². The van der Waals surface area contributed by atoms with E-state index in [2.05, 4.69) is 11.9 Å². The zero-order chi connectivity index (χ0) is 13.4. The Hall–Kier alpha value is -0.810. The van der Waals surface area contributed by atoms with E-state index in [1.165, 1.54) is 11.8 Å². The molecule has 2 atom stereocenters. The van der Waals surface area contributed by atoms with Crippen LogP contribution < -0.4 is 5.32 Å². The van der Waals surface area contributed by atoms with Crippen LogP contribution in [0.2, 0.25) is 0 Å². The maximum Gasteiger partial charge on any atom is 0.235 e. The number of hydrogen-bond donors (Lipinski definition) is 1. The first kappa shape index (κ1) is 16.2. The summed E-state index contributed by atoms with van der Waals surface area (Å²) in [6.45, 7) is 5.21. The maximum absolute atomic E-state index is 11.9. The van der Waals surface area contributed by atoms with Crippen molar-refractivity contribution in [1.82, 2.24) is 10.2 Å². The highest BCUT2D eigenvalue weighted by Crippen LogP contribution is 2.18. The number of ketones is 1. The summed E-state index contributed by atoms with van der Waals surface area (Å²) in [6, 6.07) is -0.192. The predicted molar refractivity (Wildman–Crippen MR) is 73.3 cm³/mol. The van der Waals surface area contributed by atoms with Crippen LogP contribution in [0.4, 0.5) is 0 Å². The monoisotopic (exact) mass is 258 g/mol. The van der Waals surface area contributed by atoms with Crippen LogP contribution >= 0.6 is 11.8 Å². The Morgan fingerprint density at radius 3 is 2.41 bits per heavy atom. The highest BCUT2D eigenvalue weighted by molar-refractivity contribution is 8.00. The third kappa shape index (κ3) is 5.89. The van der Waals surface area contributed by atoms with Crippen molar-refractivity contribution in [3.63, 3.8) is 0 Å². The van der Waals surface area contributed by atoms with Gasteiger partial charge in [-0.3, -0.25) is 9.59 Å². The van der Waals surface area contributed by atoms with Gasteiger partial charge in [0.1, 0.15) is 5.78 Å². The average molecular weight is 258 g/mol. The molecule has 0 aliphatic carbocycles. The summed E-state index contributed by atoms with van der Waals surface area (Å²) in [5.74, 6) is 0.757. The number of Topliss-reactive ketones (excluding diaryl/α,β-unsaturated/α-hetero) is 1. The first-order chi connectivity index (χ1) is 7.93. The number of likely N-dealkylation sites (N-methyl/N-ethyl adjacent to an activating group) is 1. The Kier molecular flexibility index (Phi) is 7.91. The van der Waals surface area contributed by atoms with E-state index in [0.29, 0.717) is 12.2 Å². The summed E-state index contributed by atoms with van der Waals surface area (Å²) in [7, 11) is 5.22. The minimum Gasteiger partial charge on any atom is -0.348 e. The molecule has 0 saturated carbocycles. The van der Waals surface area contributed by atoms with Gasteiger partial charge in [0.15, 0.2) is 0 Å². The molecule has 0 aromatic heterocycles. The van der Waals surface area contributed by atoms with Gasteiger partial charge in [0.05, 0.1) is 11.3 Å². The van der Waals surface area contributed by atoms with Crippen LogP contribution in [-0.4, -0.2) is 54.8 Å². The summed E-state index contributed by atoms with van der Waals surface area (Å²) in [4.78, 5) is 24.7. The molecular formula is C12H22N2O2S. The SMILES string of the molecule is C=CCC(SCC(NC)C(C)=O)C(=O)N(C)C. The van der Waals surface area contributed by atoms with E-state index in [4.69, 9.17) is 0 Å². The summed E-state index contributed by atoms with van der Waals surface area (Å²) in [5.41, 5.74) is 0. The molecule has 1 amide bonds. The molecule has 0 aliphatic heterocycles. The predicted octanol–water partition coefficient (Wildman–Crippen LogP) is 0.929. The topological polar surface area (TPSA) is 49.4 Å². The van der Waals surface area contributed by atoms with Crippen LogP contribution in [-0.2, 0) is 9.59 Å². The standard InChI is InChI=1S/C12H22N2O2S/c1-6-7-11(12(16)14(4)5)17-8-10(13-3)9(2)15/h6,10-11,13H,1,7-8H2,2-5H3. The number of thioether (sulfide) groups is 1. The van der Waals surface area contributed by atoms with Gasteiger partial charge in [0.25, 0.3) is 0 Å². The smallest absolute Gasteiger partial charge is 0.235 e. The van der Waals surface area contributed by atoms with Gasteiger partial charge in [-0.2, -0.15) is 0 Å². The van der Waals surface area contributed by atoms with Gasteiger partial charge in [-0.15, -0.1) is 18.3 Å². The quantitative estimate of drug-likeness (QED) is 0.658. The Morgan fingerprint density at radius 2 is 2.06 bits per heavy atom. The van der Waals surface area contributed by atoms with Crippen molar-refractivity contribution in [3.05, 3.63) is 12.7 Å². The molecule has 1 N–H and O–H groups in total. The van der Waals surface area contributed by atoms with Gasteiger partial charge in [0.2, 0.25) is 5.91 Å². The van der Waals surface area contributed by atoms with E-state index >= 15 is 0 Å². The lowest BCUT2D eigenvalue weighted by atomic mass is 10.2. The van der Waals surface area contributed by atoms with Crippen LogP contribution in [0.1, 0.15) is 13.3 Å². The highest BCUT2D eigenvalue weighted by Gasteiger charge is 2.22. The van der Waals surface area contributed by atoms with Crippen molar-refractivity contribution in [3.8, 4) is 0 Å². The van der Waals surface area contributed by atoms with Crippen LogP contribution in [0, 0.1) is 0 Å². The van der Waals surface area contributed by atoms with Crippen molar-refractivity contribution in [1.29, 1.82) is 0 Å². The normalized spacial score (nSPS) is 13.9. The van der Waals surface area contributed by atoms with E-state index in [0.717, 1.165) is 0 Å². The average Bonchev–Trinajstić information content (AvgIpc) is 2.26. The number of nitrogens with zero attached hydrogens (tertiary/aromatic N) is 1. The first-order valence-electron chi connectivity index (χ1n) is 5.55. The summed E-state index contributed by atoms with van der Waals surface area (Å²) in [6.07, 6.45) is 2.36. The lowest BCUT2D eigenvalue weighted by Crippen LogP contribution is -2.37. The van der Waals surface area contributed by atoms with Crippen LogP contribution in [0.15, 0.2) is 12.7 Å². The Bertz CT molecular complexity index is 280. The van der Waals surface area contributed by atoms with E-state index < -0.39 is 0 Å². The summed E-state index contributed by atoms with van der Waals surface area (Å²) >= 11 is 1.50. The Labute approximate surface area is 108 Å². The van der Waals surface area contributed by atoms with Crippen molar-refractivity contribution >= 4 is 23.5 Å². The molecule has 0 rings (SSSR count). The van der Waals surface area contributed by atoms with Crippen LogP contribution in [0.25, 0.3) is 0 Å². The Morgan fingerprint density at radius 1 is 1.47 bits per heavy atom. The molecule has 17 heavy (non-hydrogen) atoms. The molecule has 0 aromatic carbocycles. The third-order valence-corrected chi connectivity index (χ3v) is 3.72. The molecule has 2 unspecified atom stereocenters. The highest BCUT2D eigenvalue weighted by atomic mass is 32.2. The molecule has 4 nitrogen and oxygen atoms in total. The zero-order valence-electron chi connectivity index (χ0n) is 11.0. The largest absolute Gasteiger partial charge is 0.348 e. The second kappa shape index (κ2) is 8.31. The number of nitrogens with one attached hydrogen (secondary N) is 1. The minimum absolute atomic E-state index is 0.0632. The van der Waals surface area contributed by atoms with Crippen molar-refractivity contribution in [2.24, 2.45) is 0 Å². The summed E-state index contributed by atoms with van der Waals surface area (Å²) in [5, 5.41) is 2.79. The summed E-state index contributed by atoms with van der Waals surface area (Å²) < 4.78 is 0. The lowest BCUT2D eigenvalue weighted by molar-refractivity contribution is -0.128. The van der Waals surface area contributed by atoms with Gasteiger partial charge >= 0.3 is 0 Å². The lowest BCUT2D eigenvalue weighted by Gasteiger charge is -2.21. The molecule has 0 aliphatic rings. The van der Waals surface area contributed by atoms with E-state index in [1.54, 1.807) is 39.0 Å². The molecule has 0 radical (unpaired) electrons. The fraction of sp³-hybridized carbons (Fsp3) is 0.667. The minimum atomic E-state index is -0.192. The molecular weight excluding hydrogens is 236 g/mol. The number of amides is 1. The molecule has 0 spiro atoms. The van der Waals surface area contributed by atoms with Crippen LogP contribution in [0.5, 0.6) is 0 Å². The second-order valence-corrected chi connectivity index (χ2v) is 5.27. The fourth-order valence-corrected chi connectivity index (χ4v) is 2.75. The van der Waals surface area contributed by atoms with Gasteiger partial charge in [-0.1, -0.05) is 6.08 Å². The number of rotatable bonds is 8. The number of carbonyl (C=O) groups excluding carboxylic acids is 2. The third-order valence-electron chi connectivity index (χ3n) is 2.40. The first-order valence-corrected chi connectivity index (χ1v) is 6.60. The van der Waals surface area contributed by atoms with E-state index in [9.17, 15) is 9.59 Å². The van der Waals surface area contributed by atoms with Gasteiger partial charge in [0, 0.05) is 19.8 Å². The molecule has 0 aromatic rings. The molecule has 0 fully saturated rings. The number of carbonyl (C=O) groups is 2. The van der Waals surface area contributed by atoms with Gasteiger partial charge in [-0.05, 0) is 20.4 Å². The fourth-order valence-electron chi connectivity index (χ4n) is 1.30. The molecule has 98 valence electrons. The van der Waals surface area contributed by atoms with Crippen molar-refractivity contribution in [2.45, 2.75) is 24.6 Å². The zero-order valence-corrected chi connectivity index (χ0v) is 11.8. The van der Waals surface area contributed by atoms with Crippen molar-refractivity contribution in [2.75, 3.05) is 26.9 Å². The molecule has 0 bridgehead atoms. The molecule has 0 heterocycles. The molecule has 0 saturated heterocycles. The number of allylic oxidation sites excluding steroid dienone is 1. The van der Waals surface area contributed by atoms with Gasteiger partial charge < -0.3 is 10.2 Å². The van der Waals surface area contributed by atoms with Crippen molar-refractivity contribution < 1.29 is 9.59 Å². The molecule has 5 heteroatoms. The maximum atomic E-state index is 11.9.